The molecule has 10 rings (SSSR count). The van der Waals surface area contributed by atoms with Crippen LogP contribution in [0.25, 0.3) is 0 Å². The van der Waals surface area contributed by atoms with Crippen molar-refractivity contribution in [3.63, 3.8) is 0 Å². The van der Waals surface area contributed by atoms with E-state index in [2.05, 4.69) is 275 Å². The van der Waals surface area contributed by atoms with Gasteiger partial charge in [-0.25, -0.2) is 0 Å². The van der Waals surface area contributed by atoms with Crippen molar-refractivity contribution in [1.29, 1.82) is 0 Å². The molecule has 2 heterocycles. The van der Waals surface area contributed by atoms with Crippen molar-refractivity contribution in [2.24, 2.45) is 0 Å². The Bertz CT molecular complexity index is 3260. The van der Waals surface area contributed by atoms with E-state index in [-0.39, 0.29) is 39.2 Å². The smallest absolute Gasteiger partial charge is 0.252 e. The minimum absolute atomic E-state index is 0.0175. The van der Waals surface area contributed by atoms with Crippen LogP contribution in [0.5, 0.6) is 0 Å². The maximum Gasteiger partial charge on any atom is 0.252 e. The molecule has 74 heavy (non-hydrogen) atoms. The number of fused-ring (bicyclic) bond motifs is 5. The molecule has 382 valence electrons. The van der Waals surface area contributed by atoms with Crippen molar-refractivity contribution in [2.45, 2.75) is 184 Å². The highest BCUT2D eigenvalue weighted by Gasteiger charge is 2.48. The second-order valence-electron chi connectivity index (χ2n) is 28.1. The van der Waals surface area contributed by atoms with E-state index < -0.39 is 0 Å². The Labute approximate surface area is 447 Å². The summed E-state index contributed by atoms with van der Waals surface area (Å²) in [6, 6.07) is 48.3. The van der Waals surface area contributed by atoms with Crippen LogP contribution in [-0.4, -0.2) is 6.71 Å². The van der Waals surface area contributed by atoms with Gasteiger partial charge >= 0.3 is 0 Å². The molecule has 0 saturated heterocycles. The number of para-hydroxylation sites is 1. The Kier molecular flexibility index (Phi) is 12.0. The molecular weight excluding hydrogens is 894 g/mol. The lowest BCUT2D eigenvalue weighted by Gasteiger charge is -2.48. The van der Waals surface area contributed by atoms with E-state index in [4.69, 9.17) is 0 Å². The molecule has 0 N–H and O–H groups in total. The van der Waals surface area contributed by atoms with Gasteiger partial charge < -0.3 is 14.7 Å². The second kappa shape index (κ2) is 17.3. The Morgan fingerprint density at radius 1 is 0.392 bits per heavy atom. The third-order valence-corrected chi connectivity index (χ3v) is 17.4. The van der Waals surface area contributed by atoms with Gasteiger partial charge in [-0.2, -0.15) is 0 Å². The van der Waals surface area contributed by atoms with Crippen LogP contribution >= 0.6 is 0 Å². The fourth-order valence-corrected chi connectivity index (χ4v) is 12.7. The molecule has 1 aliphatic carbocycles. The molecule has 0 amide bonds. The molecule has 0 atom stereocenters. The fourth-order valence-electron chi connectivity index (χ4n) is 12.7. The molecule has 0 fully saturated rings. The van der Waals surface area contributed by atoms with E-state index in [1.807, 2.05) is 0 Å². The van der Waals surface area contributed by atoms with Gasteiger partial charge in [0.1, 0.15) is 0 Å². The van der Waals surface area contributed by atoms with E-state index in [1.165, 1.54) is 106 Å². The molecule has 0 aromatic heterocycles. The highest BCUT2D eigenvalue weighted by atomic mass is 15.2. The van der Waals surface area contributed by atoms with Crippen LogP contribution in [0.1, 0.15) is 179 Å². The number of benzene rings is 7. The van der Waals surface area contributed by atoms with Gasteiger partial charge in [0, 0.05) is 39.8 Å². The normalized spacial score (nSPS) is 15.9. The number of anilines is 9. The van der Waals surface area contributed by atoms with Crippen LogP contribution in [0, 0.1) is 27.7 Å². The highest BCUT2D eigenvalue weighted by molar-refractivity contribution is 7.00. The van der Waals surface area contributed by atoms with Crippen molar-refractivity contribution >= 4 is 74.3 Å². The monoisotopic (exact) mass is 978 g/mol. The van der Waals surface area contributed by atoms with E-state index in [1.54, 1.807) is 0 Å². The van der Waals surface area contributed by atoms with Crippen LogP contribution in [0.4, 0.5) is 51.2 Å². The van der Waals surface area contributed by atoms with Crippen LogP contribution in [0.15, 0.2) is 121 Å². The predicted octanol–water partition coefficient (Wildman–Crippen LogP) is 18.0. The first-order valence-corrected chi connectivity index (χ1v) is 27.7. The summed E-state index contributed by atoms with van der Waals surface area (Å²) in [5.74, 6) is 0. The molecule has 0 spiro atoms. The molecule has 3 nitrogen and oxygen atoms in total. The Morgan fingerprint density at radius 3 is 1.23 bits per heavy atom. The average molecular weight is 978 g/mol. The van der Waals surface area contributed by atoms with Gasteiger partial charge in [-0.15, -0.1) is 0 Å². The molecule has 0 unspecified atom stereocenters. The summed E-state index contributed by atoms with van der Waals surface area (Å²) in [6.07, 6.45) is 2.32. The van der Waals surface area contributed by atoms with Crippen LogP contribution in [0.3, 0.4) is 0 Å². The quantitative estimate of drug-likeness (QED) is 0.159. The van der Waals surface area contributed by atoms with Crippen LogP contribution < -0.4 is 31.1 Å². The summed E-state index contributed by atoms with van der Waals surface area (Å²) in [7, 11) is 0. The number of rotatable bonds is 5. The molecule has 0 radical (unpaired) electrons. The topological polar surface area (TPSA) is 9.72 Å². The van der Waals surface area contributed by atoms with Crippen LogP contribution in [-0.2, 0) is 32.5 Å². The minimum Gasteiger partial charge on any atom is -0.311 e. The van der Waals surface area contributed by atoms with Crippen molar-refractivity contribution in [3.8, 4) is 0 Å². The number of hydrogen-bond donors (Lipinski definition) is 0. The summed E-state index contributed by atoms with van der Waals surface area (Å²) in [6.45, 7) is 47.3. The summed E-state index contributed by atoms with van der Waals surface area (Å²) < 4.78 is 0. The van der Waals surface area contributed by atoms with E-state index in [0.717, 1.165) is 29.9 Å². The van der Waals surface area contributed by atoms with Gasteiger partial charge in [-0.05, 0) is 200 Å². The first-order chi connectivity index (χ1) is 34.4. The van der Waals surface area contributed by atoms with Crippen molar-refractivity contribution in [2.75, 3.05) is 14.7 Å². The summed E-state index contributed by atoms with van der Waals surface area (Å²) in [5, 5.41) is 0. The molecule has 7 aromatic carbocycles. The number of aryl methyl sites for hydroxylation is 4. The van der Waals surface area contributed by atoms with Gasteiger partial charge in [0.25, 0.3) is 6.71 Å². The summed E-state index contributed by atoms with van der Waals surface area (Å²) in [4.78, 5) is 7.88. The van der Waals surface area contributed by atoms with E-state index in [9.17, 15) is 0 Å². The lowest BCUT2D eigenvalue weighted by molar-refractivity contribution is 0.332. The van der Waals surface area contributed by atoms with Gasteiger partial charge in [-0.1, -0.05) is 178 Å². The lowest BCUT2D eigenvalue weighted by atomic mass is 9.33. The number of hydrogen-bond acceptors (Lipinski definition) is 3. The Balaban J connectivity index is 1.34. The Hall–Kier alpha value is -6.00. The van der Waals surface area contributed by atoms with Gasteiger partial charge in [0.2, 0.25) is 0 Å². The molecule has 7 aromatic rings. The third kappa shape index (κ3) is 8.61. The second-order valence-corrected chi connectivity index (χ2v) is 28.1. The van der Waals surface area contributed by atoms with Crippen LogP contribution in [0.2, 0.25) is 0 Å². The van der Waals surface area contributed by atoms with E-state index >= 15 is 0 Å². The molecule has 0 bridgehead atoms. The van der Waals surface area contributed by atoms with Gasteiger partial charge in [0.15, 0.2) is 0 Å². The predicted molar refractivity (Wildman–Crippen MR) is 324 cm³/mol. The highest BCUT2D eigenvalue weighted by Crippen LogP contribution is 2.53. The summed E-state index contributed by atoms with van der Waals surface area (Å²) >= 11 is 0. The minimum atomic E-state index is -0.140. The van der Waals surface area contributed by atoms with E-state index in [0.29, 0.717) is 0 Å². The Morgan fingerprint density at radius 2 is 0.784 bits per heavy atom. The maximum atomic E-state index is 2.72. The van der Waals surface area contributed by atoms with Crippen molar-refractivity contribution < 1.29 is 0 Å². The summed E-state index contributed by atoms with van der Waals surface area (Å²) in [5.41, 5.74) is 28.7. The SMILES string of the molecule is Cc1cccc(C)c1N1c2cc(N(c3ccc(C(C)(C)C)cc3)c3ccc(C(C)(C)C)cc3)ccc2B2c3cc4c(cc3N(c3c(C)cc(C(C)(C)C)cc3C)c3cc(C(C)(C)C)cc1c32)C(C)(C)CCC4(C)C. The molecular formula is C70H84BN3. The lowest BCUT2D eigenvalue weighted by Crippen LogP contribution is -2.62. The van der Waals surface area contributed by atoms with Gasteiger partial charge in [-0.3, -0.25) is 0 Å². The zero-order chi connectivity index (χ0) is 53.6. The average Bonchev–Trinajstić information content (AvgIpc) is 3.30. The standard InChI is InChI=1S/C70H84BN3/c1-43-22-21-23-44(2)63(43)73-58-40-53(72(51-28-24-47(25-29-51)65(5,6)7)52-30-26-48(27-31-52)66(8,9)10)32-33-56(58)71-57-41-54-55(70(19,20)35-34-69(54,17)18)42-59(57)74(61-39-50(68(14,15)16)38-60(73)62(61)71)64-45(3)36-49(37-46(64)4)67(11,12)13/h21-33,36-42H,34-35H2,1-20H3. The fraction of sp³-hybridized carbons (Fsp3) is 0.400. The zero-order valence-corrected chi connectivity index (χ0v) is 48.9. The van der Waals surface area contributed by atoms with Gasteiger partial charge in [0.05, 0.1) is 11.4 Å². The molecule has 2 aliphatic heterocycles. The third-order valence-electron chi connectivity index (χ3n) is 17.4. The molecule has 3 aliphatic rings. The first kappa shape index (κ1) is 51.5. The molecule has 4 heteroatoms. The number of nitrogens with zero attached hydrogens (tertiary/aromatic N) is 3. The van der Waals surface area contributed by atoms with Crippen molar-refractivity contribution in [3.05, 3.63) is 177 Å². The first-order valence-electron chi connectivity index (χ1n) is 27.7. The maximum absolute atomic E-state index is 2.72. The van der Waals surface area contributed by atoms with Crippen molar-refractivity contribution in [1.82, 2.24) is 0 Å². The largest absolute Gasteiger partial charge is 0.311 e. The zero-order valence-electron chi connectivity index (χ0n) is 48.9. The molecule has 0 saturated carbocycles.